The SMILES string of the molecule is CNc1cc(C2CCCN(CC(=O)N3CCOCC3)C2)ccn1. The molecular weight excluding hydrogens is 292 g/mol. The normalized spacial score (nSPS) is 22.8. The van der Waals surface area contributed by atoms with E-state index in [1.54, 1.807) is 0 Å². The van der Waals surface area contributed by atoms with Crippen molar-refractivity contribution in [3.05, 3.63) is 23.9 Å². The number of nitrogens with one attached hydrogen (secondary N) is 1. The first-order valence-corrected chi connectivity index (χ1v) is 8.48. The minimum absolute atomic E-state index is 0.236. The van der Waals surface area contributed by atoms with Crippen LogP contribution < -0.4 is 5.32 Å². The van der Waals surface area contributed by atoms with Crippen molar-refractivity contribution in [2.24, 2.45) is 0 Å². The number of amides is 1. The van der Waals surface area contributed by atoms with E-state index >= 15 is 0 Å². The van der Waals surface area contributed by atoms with E-state index in [1.807, 2.05) is 18.1 Å². The number of anilines is 1. The Hall–Kier alpha value is -1.66. The summed E-state index contributed by atoms with van der Waals surface area (Å²) >= 11 is 0. The summed E-state index contributed by atoms with van der Waals surface area (Å²) in [6, 6.07) is 4.22. The number of rotatable bonds is 4. The fraction of sp³-hybridized carbons (Fsp3) is 0.647. The number of pyridine rings is 1. The van der Waals surface area contributed by atoms with Crippen LogP contribution in [-0.4, -0.2) is 73.7 Å². The number of likely N-dealkylation sites (tertiary alicyclic amines) is 1. The number of ether oxygens (including phenoxy) is 1. The zero-order chi connectivity index (χ0) is 16.1. The molecule has 0 bridgehead atoms. The Labute approximate surface area is 137 Å². The van der Waals surface area contributed by atoms with Gasteiger partial charge in [0.25, 0.3) is 0 Å². The van der Waals surface area contributed by atoms with Gasteiger partial charge in [-0.1, -0.05) is 0 Å². The fourth-order valence-corrected chi connectivity index (χ4v) is 3.41. The summed E-state index contributed by atoms with van der Waals surface area (Å²) in [5.41, 5.74) is 1.31. The molecule has 0 aromatic carbocycles. The lowest BCUT2D eigenvalue weighted by Crippen LogP contribution is -2.47. The predicted molar refractivity (Wildman–Crippen MR) is 89.6 cm³/mol. The third-order valence-electron chi connectivity index (χ3n) is 4.74. The highest BCUT2D eigenvalue weighted by Crippen LogP contribution is 2.27. The van der Waals surface area contributed by atoms with Crippen LogP contribution in [0, 0.1) is 0 Å². The Morgan fingerprint density at radius 3 is 3.00 bits per heavy atom. The van der Waals surface area contributed by atoms with Crippen LogP contribution in [0.5, 0.6) is 0 Å². The number of carbonyl (C=O) groups excluding carboxylic acids is 1. The molecule has 2 fully saturated rings. The van der Waals surface area contributed by atoms with E-state index in [1.165, 1.54) is 12.0 Å². The predicted octanol–water partition coefficient (Wildman–Crippen LogP) is 1.16. The molecule has 126 valence electrons. The summed E-state index contributed by atoms with van der Waals surface area (Å²) in [6.07, 6.45) is 4.17. The van der Waals surface area contributed by atoms with Crippen molar-refractivity contribution in [2.75, 3.05) is 58.3 Å². The molecule has 6 heteroatoms. The Morgan fingerprint density at radius 2 is 2.22 bits per heavy atom. The fourth-order valence-electron chi connectivity index (χ4n) is 3.41. The van der Waals surface area contributed by atoms with Gasteiger partial charge in [0.1, 0.15) is 5.82 Å². The van der Waals surface area contributed by atoms with Crippen molar-refractivity contribution in [1.82, 2.24) is 14.8 Å². The molecular formula is C17H26N4O2. The van der Waals surface area contributed by atoms with E-state index in [4.69, 9.17) is 4.74 Å². The van der Waals surface area contributed by atoms with Crippen LogP contribution in [0.15, 0.2) is 18.3 Å². The van der Waals surface area contributed by atoms with Gasteiger partial charge in [-0.3, -0.25) is 9.69 Å². The highest BCUT2D eigenvalue weighted by molar-refractivity contribution is 5.78. The number of nitrogens with zero attached hydrogens (tertiary/aromatic N) is 3. The van der Waals surface area contributed by atoms with Crippen molar-refractivity contribution in [1.29, 1.82) is 0 Å². The first-order valence-electron chi connectivity index (χ1n) is 8.48. The average molecular weight is 318 g/mol. The van der Waals surface area contributed by atoms with Gasteiger partial charge in [0.2, 0.25) is 5.91 Å². The van der Waals surface area contributed by atoms with Crippen LogP contribution in [0.3, 0.4) is 0 Å². The molecule has 0 aliphatic carbocycles. The van der Waals surface area contributed by atoms with Crippen molar-refractivity contribution in [3.63, 3.8) is 0 Å². The number of hydrogen-bond acceptors (Lipinski definition) is 5. The largest absolute Gasteiger partial charge is 0.378 e. The van der Waals surface area contributed by atoms with Crippen molar-refractivity contribution in [2.45, 2.75) is 18.8 Å². The topological polar surface area (TPSA) is 57.7 Å². The standard InChI is InChI=1S/C17H26N4O2/c1-18-16-11-14(4-5-19-16)15-3-2-6-20(12-15)13-17(22)21-7-9-23-10-8-21/h4-5,11,15H,2-3,6-10,12-13H2,1H3,(H,18,19). The summed E-state index contributed by atoms with van der Waals surface area (Å²) in [4.78, 5) is 20.9. The number of morpholine rings is 1. The number of piperidine rings is 1. The monoisotopic (exact) mass is 318 g/mol. The summed E-state index contributed by atoms with van der Waals surface area (Å²) in [6.45, 7) is 5.27. The molecule has 1 unspecified atom stereocenters. The minimum atomic E-state index is 0.236. The Balaban J connectivity index is 1.58. The smallest absolute Gasteiger partial charge is 0.236 e. The number of aromatic nitrogens is 1. The summed E-state index contributed by atoms with van der Waals surface area (Å²) < 4.78 is 5.32. The summed E-state index contributed by atoms with van der Waals surface area (Å²) in [5, 5.41) is 3.10. The third-order valence-corrected chi connectivity index (χ3v) is 4.74. The second-order valence-electron chi connectivity index (χ2n) is 6.29. The number of hydrogen-bond donors (Lipinski definition) is 1. The molecule has 1 amide bonds. The van der Waals surface area contributed by atoms with Crippen LogP contribution in [0.25, 0.3) is 0 Å². The second kappa shape index (κ2) is 7.75. The highest BCUT2D eigenvalue weighted by atomic mass is 16.5. The second-order valence-corrected chi connectivity index (χ2v) is 6.29. The lowest BCUT2D eigenvalue weighted by atomic mass is 9.91. The van der Waals surface area contributed by atoms with Crippen molar-refractivity contribution in [3.8, 4) is 0 Å². The zero-order valence-corrected chi connectivity index (χ0v) is 13.8. The van der Waals surface area contributed by atoms with Gasteiger partial charge >= 0.3 is 0 Å². The van der Waals surface area contributed by atoms with Gasteiger partial charge in [0.15, 0.2) is 0 Å². The molecule has 23 heavy (non-hydrogen) atoms. The maximum atomic E-state index is 12.4. The van der Waals surface area contributed by atoms with Crippen molar-refractivity contribution < 1.29 is 9.53 Å². The van der Waals surface area contributed by atoms with Crippen LogP contribution in [0.2, 0.25) is 0 Å². The van der Waals surface area contributed by atoms with Gasteiger partial charge in [-0.05, 0) is 43.0 Å². The molecule has 0 saturated carbocycles. The third kappa shape index (κ3) is 4.20. The molecule has 1 atom stereocenters. The molecule has 1 aromatic heterocycles. The quantitative estimate of drug-likeness (QED) is 0.903. The molecule has 2 aliphatic heterocycles. The summed E-state index contributed by atoms with van der Waals surface area (Å²) in [7, 11) is 1.89. The first-order chi connectivity index (χ1) is 11.3. The molecule has 2 saturated heterocycles. The van der Waals surface area contributed by atoms with Crippen molar-refractivity contribution >= 4 is 11.7 Å². The molecule has 0 radical (unpaired) electrons. The van der Waals surface area contributed by atoms with E-state index in [0.717, 1.165) is 38.4 Å². The molecule has 1 aromatic rings. The maximum Gasteiger partial charge on any atom is 0.236 e. The van der Waals surface area contributed by atoms with Crippen LogP contribution >= 0.6 is 0 Å². The van der Waals surface area contributed by atoms with E-state index in [2.05, 4.69) is 27.3 Å². The van der Waals surface area contributed by atoms with Gasteiger partial charge < -0.3 is 15.0 Å². The molecule has 3 heterocycles. The molecule has 6 nitrogen and oxygen atoms in total. The van der Waals surface area contributed by atoms with Gasteiger partial charge in [0.05, 0.1) is 19.8 Å². The van der Waals surface area contributed by atoms with E-state index in [9.17, 15) is 4.79 Å². The lowest BCUT2D eigenvalue weighted by molar-refractivity contribution is -0.136. The van der Waals surface area contributed by atoms with E-state index < -0.39 is 0 Å². The Morgan fingerprint density at radius 1 is 1.39 bits per heavy atom. The Kier molecular flexibility index (Phi) is 5.46. The highest BCUT2D eigenvalue weighted by Gasteiger charge is 2.25. The zero-order valence-electron chi connectivity index (χ0n) is 13.8. The Bertz CT molecular complexity index is 531. The van der Waals surface area contributed by atoms with Gasteiger partial charge in [-0.2, -0.15) is 0 Å². The molecule has 0 spiro atoms. The summed E-state index contributed by atoms with van der Waals surface area (Å²) in [5.74, 6) is 1.62. The molecule has 2 aliphatic rings. The van der Waals surface area contributed by atoms with Gasteiger partial charge in [0, 0.05) is 32.9 Å². The van der Waals surface area contributed by atoms with Crippen LogP contribution in [-0.2, 0) is 9.53 Å². The lowest BCUT2D eigenvalue weighted by Gasteiger charge is -2.35. The maximum absolute atomic E-state index is 12.4. The average Bonchev–Trinajstić information content (AvgIpc) is 2.63. The van der Waals surface area contributed by atoms with Crippen LogP contribution in [0.4, 0.5) is 5.82 Å². The van der Waals surface area contributed by atoms with E-state index in [0.29, 0.717) is 25.7 Å². The number of carbonyl (C=O) groups is 1. The molecule has 3 rings (SSSR count). The van der Waals surface area contributed by atoms with Gasteiger partial charge in [-0.25, -0.2) is 4.98 Å². The first kappa shape index (κ1) is 16.2. The van der Waals surface area contributed by atoms with Gasteiger partial charge in [-0.15, -0.1) is 0 Å². The molecule has 1 N–H and O–H groups in total. The van der Waals surface area contributed by atoms with E-state index in [-0.39, 0.29) is 5.91 Å². The minimum Gasteiger partial charge on any atom is -0.378 e. The van der Waals surface area contributed by atoms with Crippen LogP contribution in [0.1, 0.15) is 24.3 Å².